The summed E-state index contributed by atoms with van der Waals surface area (Å²) in [5.74, 6) is -0.105. The summed E-state index contributed by atoms with van der Waals surface area (Å²) in [6.45, 7) is 0. The van der Waals surface area contributed by atoms with Crippen molar-refractivity contribution in [2.45, 2.75) is 0 Å². The molecule has 12 heavy (non-hydrogen) atoms. The SMILES string of the molecule is N#Cc1ccnc(C(N)=NO)c1. The van der Waals surface area contributed by atoms with Gasteiger partial charge in [0, 0.05) is 6.20 Å². The van der Waals surface area contributed by atoms with Crippen molar-refractivity contribution in [1.29, 1.82) is 5.26 Å². The number of amidine groups is 1. The first-order valence-electron chi connectivity index (χ1n) is 3.12. The highest BCUT2D eigenvalue weighted by Crippen LogP contribution is 1.99. The monoisotopic (exact) mass is 162 g/mol. The number of nitrogens with two attached hydrogens (primary N) is 1. The minimum absolute atomic E-state index is 0.105. The lowest BCUT2D eigenvalue weighted by Crippen LogP contribution is -2.14. The molecule has 1 rings (SSSR count). The van der Waals surface area contributed by atoms with Crippen LogP contribution in [0.3, 0.4) is 0 Å². The predicted octanol–water partition coefficient (Wildman–Crippen LogP) is 0.0478. The fraction of sp³-hybridized carbons (Fsp3) is 0. The maximum absolute atomic E-state index is 8.50. The van der Waals surface area contributed by atoms with Gasteiger partial charge in [-0.25, -0.2) is 0 Å². The molecule has 5 heteroatoms. The maximum Gasteiger partial charge on any atom is 0.188 e. The average Bonchev–Trinajstić information content (AvgIpc) is 2.17. The summed E-state index contributed by atoms with van der Waals surface area (Å²) in [6, 6.07) is 4.89. The second-order valence-corrected chi connectivity index (χ2v) is 2.03. The fourth-order valence-electron chi connectivity index (χ4n) is 0.691. The average molecular weight is 162 g/mol. The summed E-state index contributed by atoms with van der Waals surface area (Å²) in [6.07, 6.45) is 1.42. The summed E-state index contributed by atoms with van der Waals surface area (Å²) < 4.78 is 0. The molecule has 0 aliphatic carbocycles. The molecule has 0 radical (unpaired) electrons. The first kappa shape index (κ1) is 8.01. The highest BCUT2D eigenvalue weighted by atomic mass is 16.4. The standard InChI is InChI=1S/C7H6N4O/c8-4-5-1-2-10-6(3-5)7(9)11-12/h1-3,12H,(H2,9,11). The van der Waals surface area contributed by atoms with Gasteiger partial charge in [0.1, 0.15) is 5.69 Å². The van der Waals surface area contributed by atoms with E-state index in [0.29, 0.717) is 5.56 Å². The molecule has 1 heterocycles. The molecule has 3 N–H and O–H groups in total. The van der Waals surface area contributed by atoms with Gasteiger partial charge in [0.05, 0.1) is 11.6 Å². The van der Waals surface area contributed by atoms with Crippen molar-refractivity contribution in [2.75, 3.05) is 0 Å². The Morgan fingerprint density at radius 1 is 1.75 bits per heavy atom. The van der Waals surface area contributed by atoms with E-state index >= 15 is 0 Å². The third-order valence-electron chi connectivity index (χ3n) is 1.26. The van der Waals surface area contributed by atoms with Crippen molar-refractivity contribution in [3.63, 3.8) is 0 Å². The Morgan fingerprint density at radius 2 is 2.50 bits per heavy atom. The summed E-state index contributed by atoms with van der Waals surface area (Å²) in [5, 5.41) is 19.5. The van der Waals surface area contributed by atoms with Crippen LogP contribution in [0.2, 0.25) is 0 Å². The molecule has 0 amide bonds. The van der Waals surface area contributed by atoms with Gasteiger partial charge in [-0.1, -0.05) is 5.16 Å². The summed E-state index contributed by atoms with van der Waals surface area (Å²) >= 11 is 0. The lowest BCUT2D eigenvalue weighted by molar-refractivity contribution is 0.318. The van der Waals surface area contributed by atoms with Gasteiger partial charge in [-0.2, -0.15) is 5.26 Å². The van der Waals surface area contributed by atoms with E-state index in [9.17, 15) is 0 Å². The van der Waals surface area contributed by atoms with Crippen LogP contribution in [-0.4, -0.2) is 16.0 Å². The Morgan fingerprint density at radius 3 is 3.08 bits per heavy atom. The number of hydrogen-bond donors (Lipinski definition) is 2. The zero-order chi connectivity index (χ0) is 8.97. The molecule has 0 spiro atoms. The number of rotatable bonds is 1. The Kier molecular flexibility index (Phi) is 2.23. The largest absolute Gasteiger partial charge is 0.409 e. The fourth-order valence-corrected chi connectivity index (χ4v) is 0.691. The molecule has 0 fully saturated rings. The van der Waals surface area contributed by atoms with Crippen LogP contribution >= 0.6 is 0 Å². The lowest BCUT2D eigenvalue weighted by Gasteiger charge is -1.95. The van der Waals surface area contributed by atoms with Gasteiger partial charge >= 0.3 is 0 Å². The van der Waals surface area contributed by atoms with E-state index < -0.39 is 0 Å². The normalized spacial score (nSPS) is 10.8. The predicted molar refractivity (Wildman–Crippen MR) is 41.5 cm³/mol. The third kappa shape index (κ3) is 1.49. The van der Waals surface area contributed by atoms with E-state index in [0.717, 1.165) is 0 Å². The molecule has 0 unspecified atom stereocenters. The lowest BCUT2D eigenvalue weighted by atomic mass is 10.2. The molecule has 0 bridgehead atoms. The minimum Gasteiger partial charge on any atom is -0.409 e. The van der Waals surface area contributed by atoms with Gasteiger partial charge in [0.15, 0.2) is 5.84 Å². The number of pyridine rings is 1. The van der Waals surface area contributed by atoms with Gasteiger partial charge in [-0.3, -0.25) is 4.98 Å². The molecule has 0 saturated carbocycles. The number of oxime groups is 1. The highest BCUT2D eigenvalue weighted by Gasteiger charge is 2.00. The number of hydrogen-bond acceptors (Lipinski definition) is 4. The van der Waals surface area contributed by atoms with Crippen molar-refractivity contribution >= 4 is 5.84 Å². The highest BCUT2D eigenvalue weighted by molar-refractivity contribution is 5.95. The molecule has 60 valence electrons. The Labute approximate surface area is 68.8 Å². The van der Waals surface area contributed by atoms with E-state index in [4.69, 9.17) is 16.2 Å². The topological polar surface area (TPSA) is 95.3 Å². The van der Waals surface area contributed by atoms with Crippen LogP contribution in [0.25, 0.3) is 0 Å². The van der Waals surface area contributed by atoms with Crippen molar-refractivity contribution in [2.24, 2.45) is 10.9 Å². The molecule has 1 aromatic rings. The third-order valence-corrected chi connectivity index (χ3v) is 1.26. The number of nitrogens with zero attached hydrogens (tertiary/aromatic N) is 3. The van der Waals surface area contributed by atoms with E-state index in [2.05, 4.69) is 10.1 Å². The minimum atomic E-state index is -0.105. The molecular formula is C7H6N4O. The molecule has 5 nitrogen and oxygen atoms in total. The Balaban J connectivity index is 3.12. The maximum atomic E-state index is 8.50. The summed E-state index contributed by atoms with van der Waals surface area (Å²) in [5.41, 5.74) is 5.96. The van der Waals surface area contributed by atoms with Crippen molar-refractivity contribution in [3.05, 3.63) is 29.6 Å². The smallest absolute Gasteiger partial charge is 0.188 e. The molecular weight excluding hydrogens is 156 g/mol. The Bertz CT molecular complexity index is 353. The van der Waals surface area contributed by atoms with Crippen LogP contribution in [0, 0.1) is 11.3 Å². The zero-order valence-corrected chi connectivity index (χ0v) is 6.10. The van der Waals surface area contributed by atoms with Gasteiger partial charge in [-0.05, 0) is 12.1 Å². The van der Waals surface area contributed by atoms with Crippen LogP contribution in [0.4, 0.5) is 0 Å². The zero-order valence-electron chi connectivity index (χ0n) is 6.10. The van der Waals surface area contributed by atoms with Crippen LogP contribution in [0.5, 0.6) is 0 Å². The summed E-state index contributed by atoms with van der Waals surface area (Å²) in [7, 11) is 0. The molecule has 0 atom stereocenters. The van der Waals surface area contributed by atoms with Crippen molar-refractivity contribution < 1.29 is 5.21 Å². The van der Waals surface area contributed by atoms with E-state index in [1.165, 1.54) is 18.3 Å². The summed E-state index contributed by atoms with van der Waals surface area (Å²) in [4.78, 5) is 3.79. The Hall–Kier alpha value is -2.09. The van der Waals surface area contributed by atoms with Crippen molar-refractivity contribution in [1.82, 2.24) is 4.98 Å². The molecule has 0 aliphatic heterocycles. The quantitative estimate of drug-likeness (QED) is 0.264. The number of nitriles is 1. The van der Waals surface area contributed by atoms with Gasteiger partial charge in [0.25, 0.3) is 0 Å². The van der Waals surface area contributed by atoms with E-state index in [1.54, 1.807) is 0 Å². The molecule has 0 aromatic carbocycles. The molecule has 0 aliphatic rings. The first-order chi connectivity index (χ1) is 5.77. The van der Waals surface area contributed by atoms with Crippen LogP contribution in [-0.2, 0) is 0 Å². The molecule has 0 saturated heterocycles. The van der Waals surface area contributed by atoms with Crippen LogP contribution in [0.1, 0.15) is 11.3 Å². The van der Waals surface area contributed by atoms with Crippen LogP contribution in [0.15, 0.2) is 23.5 Å². The van der Waals surface area contributed by atoms with Gasteiger partial charge < -0.3 is 10.9 Å². The van der Waals surface area contributed by atoms with E-state index in [1.807, 2.05) is 6.07 Å². The number of aromatic nitrogens is 1. The van der Waals surface area contributed by atoms with Crippen molar-refractivity contribution in [3.8, 4) is 6.07 Å². The second kappa shape index (κ2) is 3.34. The first-order valence-corrected chi connectivity index (χ1v) is 3.12. The van der Waals surface area contributed by atoms with Crippen LogP contribution < -0.4 is 5.73 Å². The van der Waals surface area contributed by atoms with Gasteiger partial charge in [0.2, 0.25) is 0 Å². The second-order valence-electron chi connectivity index (χ2n) is 2.03. The molecule has 1 aromatic heterocycles. The van der Waals surface area contributed by atoms with Gasteiger partial charge in [-0.15, -0.1) is 0 Å². The van der Waals surface area contributed by atoms with E-state index in [-0.39, 0.29) is 11.5 Å².